The minimum absolute atomic E-state index is 0.128. The summed E-state index contributed by atoms with van der Waals surface area (Å²) in [6, 6.07) is 9.59. The molecule has 3 aromatic rings. The summed E-state index contributed by atoms with van der Waals surface area (Å²) in [5, 5.41) is 8.12. The van der Waals surface area contributed by atoms with Crippen LogP contribution in [0.2, 0.25) is 0 Å². The Hall–Kier alpha value is -2.81. The monoisotopic (exact) mass is 423 g/mol. The van der Waals surface area contributed by atoms with Crippen LogP contribution in [0.4, 0.5) is 0 Å². The fourth-order valence-corrected chi connectivity index (χ4v) is 3.85. The average Bonchev–Trinajstić information content (AvgIpc) is 3.26. The third-order valence-electron chi connectivity index (χ3n) is 5.47. The first kappa shape index (κ1) is 21.4. The number of para-hydroxylation sites is 1. The van der Waals surface area contributed by atoms with Gasteiger partial charge >= 0.3 is 0 Å². The zero-order valence-electron chi connectivity index (χ0n) is 18.1. The number of aromatic nitrogens is 3. The lowest BCUT2D eigenvalue weighted by molar-refractivity contribution is -0.0348. The van der Waals surface area contributed by atoms with Gasteiger partial charge in [0, 0.05) is 57.0 Å². The molecule has 1 N–H and O–H groups in total. The molecule has 164 valence electrons. The standard InChI is InChI=1S/C23H29N5O3/c1-3-28-15-17(13-25-28)14-27-9-11-31-22(16-27)21-12-19(23(29)24-8-10-30-2)18-6-4-5-7-20(18)26-21/h4-7,12-13,15,22H,3,8-11,14,16H2,1-2H3,(H,24,29). The molecule has 1 saturated heterocycles. The molecule has 1 atom stereocenters. The Kier molecular flexibility index (Phi) is 6.91. The van der Waals surface area contributed by atoms with Gasteiger partial charge in [-0.1, -0.05) is 18.2 Å². The summed E-state index contributed by atoms with van der Waals surface area (Å²) in [4.78, 5) is 20.0. The zero-order valence-corrected chi connectivity index (χ0v) is 18.1. The number of carbonyl (C=O) groups is 1. The van der Waals surface area contributed by atoms with E-state index in [4.69, 9.17) is 14.5 Å². The number of hydrogen-bond acceptors (Lipinski definition) is 6. The van der Waals surface area contributed by atoms with Crippen LogP contribution in [-0.4, -0.2) is 65.5 Å². The summed E-state index contributed by atoms with van der Waals surface area (Å²) in [6.45, 7) is 6.88. The van der Waals surface area contributed by atoms with Gasteiger partial charge in [0.2, 0.25) is 0 Å². The zero-order chi connectivity index (χ0) is 21.6. The molecule has 0 spiro atoms. The minimum atomic E-state index is -0.190. The smallest absolute Gasteiger partial charge is 0.252 e. The molecule has 4 rings (SSSR count). The predicted molar refractivity (Wildman–Crippen MR) is 118 cm³/mol. The van der Waals surface area contributed by atoms with E-state index in [2.05, 4.69) is 28.4 Å². The lowest BCUT2D eigenvalue weighted by Gasteiger charge is -2.32. The van der Waals surface area contributed by atoms with Crippen LogP contribution in [0, 0.1) is 0 Å². The largest absolute Gasteiger partial charge is 0.383 e. The van der Waals surface area contributed by atoms with E-state index < -0.39 is 0 Å². The van der Waals surface area contributed by atoms with Crippen molar-refractivity contribution in [3.63, 3.8) is 0 Å². The summed E-state index contributed by atoms with van der Waals surface area (Å²) in [7, 11) is 1.62. The second-order valence-electron chi connectivity index (χ2n) is 7.66. The average molecular weight is 424 g/mol. The van der Waals surface area contributed by atoms with E-state index in [-0.39, 0.29) is 12.0 Å². The van der Waals surface area contributed by atoms with Crippen molar-refractivity contribution in [3.05, 3.63) is 59.5 Å². The van der Waals surface area contributed by atoms with Gasteiger partial charge in [-0.3, -0.25) is 14.4 Å². The van der Waals surface area contributed by atoms with Gasteiger partial charge in [0.25, 0.3) is 5.91 Å². The van der Waals surface area contributed by atoms with Crippen LogP contribution in [0.1, 0.15) is 34.6 Å². The second kappa shape index (κ2) is 10.00. The topological polar surface area (TPSA) is 81.5 Å². The van der Waals surface area contributed by atoms with Crippen LogP contribution in [0.25, 0.3) is 10.9 Å². The summed E-state index contributed by atoms with van der Waals surface area (Å²) in [5.41, 5.74) is 3.38. The number of aryl methyl sites for hydroxylation is 1. The SMILES string of the molecule is CCn1cc(CN2CCOC(c3cc(C(=O)NCCOC)c4ccccc4n3)C2)cn1. The predicted octanol–water partition coefficient (Wildman–Crippen LogP) is 2.40. The normalized spacial score (nSPS) is 17.2. The number of pyridine rings is 1. The number of amides is 1. The van der Waals surface area contributed by atoms with Gasteiger partial charge in [-0.15, -0.1) is 0 Å². The number of fused-ring (bicyclic) bond motifs is 1. The first-order valence-corrected chi connectivity index (χ1v) is 10.7. The maximum atomic E-state index is 12.8. The van der Waals surface area contributed by atoms with Crippen LogP contribution in [-0.2, 0) is 22.6 Å². The Morgan fingerprint density at radius 1 is 1.35 bits per heavy atom. The van der Waals surface area contributed by atoms with E-state index in [9.17, 15) is 4.79 Å². The number of methoxy groups -OCH3 is 1. The Balaban J connectivity index is 1.55. The van der Waals surface area contributed by atoms with E-state index in [1.54, 1.807) is 7.11 Å². The number of nitrogens with one attached hydrogen (secondary N) is 1. The summed E-state index contributed by atoms with van der Waals surface area (Å²) in [5.74, 6) is -0.128. The number of ether oxygens (including phenoxy) is 2. The molecule has 1 aromatic carbocycles. The van der Waals surface area contributed by atoms with Gasteiger partial charge in [-0.2, -0.15) is 5.10 Å². The summed E-state index contributed by atoms with van der Waals surface area (Å²) in [6.07, 6.45) is 3.82. The van der Waals surface area contributed by atoms with Crippen molar-refractivity contribution < 1.29 is 14.3 Å². The second-order valence-corrected chi connectivity index (χ2v) is 7.66. The van der Waals surface area contributed by atoms with E-state index in [0.717, 1.165) is 36.2 Å². The highest BCUT2D eigenvalue weighted by molar-refractivity contribution is 6.06. The van der Waals surface area contributed by atoms with E-state index in [0.29, 0.717) is 31.9 Å². The van der Waals surface area contributed by atoms with Crippen molar-refractivity contribution >= 4 is 16.8 Å². The van der Waals surface area contributed by atoms with Crippen molar-refractivity contribution in [1.29, 1.82) is 0 Å². The number of hydrogen-bond donors (Lipinski definition) is 1. The lowest BCUT2D eigenvalue weighted by atomic mass is 10.0. The minimum Gasteiger partial charge on any atom is -0.383 e. The van der Waals surface area contributed by atoms with Crippen molar-refractivity contribution in [2.24, 2.45) is 0 Å². The molecule has 1 fully saturated rings. The maximum absolute atomic E-state index is 12.8. The summed E-state index contributed by atoms with van der Waals surface area (Å²) < 4.78 is 13.0. The molecule has 0 radical (unpaired) electrons. The Labute approximate surface area is 182 Å². The molecule has 1 amide bonds. The molecule has 1 aliphatic rings. The highest BCUT2D eigenvalue weighted by Gasteiger charge is 2.25. The first-order chi connectivity index (χ1) is 15.2. The van der Waals surface area contributed by atoms with Crippen molar-refractivity contribution in [2.45, 2.75) is 26.1 Å². The van der Waals surface area contributed by atoms with Crippen LogP contribution in [0.5, 0.6) is 0 Å². The molecular weight excluding hydrogens is 394 g/mol. The maximum Gasteiger partial charge on any atom is 0.252 e. The number of benzene rings is 1. The van der Waals surface area contributed by atoms with Crippen molar-refractivity contribution in [2.75, 3.05) is 40.0 Å². The van der Waals surface area contributed by atoms with Gasteiger partial charge in [0.05, 0.1) is 36.2 Å². The third kappa shape index (κ3) is 5.10. The molecule has 0 bridgehead atoms. The number of rotatable bonds is 8. The van der Waals surface area contributed by atoms with Crippen LogP contribution in [0.3, 0.4) is 0 Å². The number of carbonyl (C=O) groups excluding carboxylic acids is 1. The first-order valence-electron chi connectivity index (χ1n) is 10.7. The Morgan fingerprint density at radius 2 is 2.23 bits per heavy atom. The van der Waals surface area contributed by atoms with Gasteiger partial charge in [0.15, 0.2) is 0 Å². The van der Waals surface area contributed by atoms with Gasteiger partial charge in [0.1, 0.15) is 6.10 Å². The molecule has 1 unspecified atom stereocenters. The highest BCUT2D eigenvalue weighted by atomic mass is 16.5. The Bertz CT molecular complexity index is 1030. The molecule has 0 saturated carbocycles. The molecule has 8 nitrogen and oxygen atoms in total. The van der Waals surface area contributed by atoms with E-state index >= 15 is 0 Å². The number of morpholine rings is 1. The van der Waals surface area contributed by atoms with Crippen LogP contribution in [0.15, 0.2) is 42.7 Å². The Morgan fingerprint density at radius 3 is 3.03 bits per heavy atom. The van der Waals surface area contributed by atoms with E-state index in [1.165, 1.54) is 5.56 Å². The molecule has 1 aliphatic heterocycles. The number of nitrogens with zero attached hydrogens (tertiary/aromatic N) is 4. The van der Waals surface area contributed by atoms with Gasteiger partial charge in [-0.25, -0.2) is 4.98 Å². The van der Waals surface area contributed by atoms with Crippen LogP contribution < -0.4 is 5.32 Å². The quantitative estimate of drug-likeness (QED) is 0.561. The molecule has 3 heterocycles. The van der Waals surface area contributed by atoms with Crippen molar-refractivity contribution in [3.8, 4) is 0 Å². The molecule has 31 heavy (non-hydrogen) atoms. The fourth-order valence-electron chi connectivity index (χ4n) is 3.85. The third-order valence-corrected chi connectivity index (χ3v) is 5.47. The van der Waals surface area contributed by atoms with Crippen LogP contribution >= 0.6 is 0 Å². The fraction of sp³-hybridized carbons (Fsp3) is 0.435. The van der Waals surface area contributed by atoms with Gasteiger partial charge < -0.3 is 14.8 Å². The highest BCUT2D eigenvalue weighted by Crippen LogP contribution is 2.26. The van der Waals surface area contributed by atoms with Gasteiger partial charge in [-0.05, 0) is 19.1 Å². The lowest BCUT2D eigenvalue weighted by Crippen LogP contribution is -2.38. The molecule has 2 aromatic heterocycles. The van der Waals surface area contributed by atoms with Crippen molar-refractivity contribution in [1.82, 2.24) is 25.0 Å². The summed E-state index contributed by atoms with van der Waals surface area (Å²) >= 11 is 0. The molecule has 8 heteroatoms. The molecule has 0 aliphatic carbocycles. The van der Waals surface area contributed by atoms with E-state index in [1.807, 2.05) is 41.2 Å². The molecular formula is C23H29N5O3.